The minimum atomic E-state index is -0.200. The molecule has 0 saturated heterocycles. The smallest absolute Gasteiger partial charge is 0.252 e. The Hall–Kier alpha value is -2.60. The maximum absolute atomic E-state index is 11.9. The molecular weight excluding hydrogens is 370 g/mol. The van der Waals surface area contributed by atoms with E-state index in [1.165, 1.54) is 6.07 Å². The largest absolute Gasteiger partial charge is 0.497 e. The predicted molar refractivity (Wildman–Crippen MR) is 98.3 cm³/mol. The normalized spacial score (nSPS) is 10.4. The Morgan fingerprint density at radius 1 is 1.12 bits per heavy atom. The summed E-state index contributed by atoms with van der Waals surface area (Å²) in [6, 6.07) is 16.9. The summed E-state index contributed by atoms with van der Waals surface area (Å²) >= 11 is 3.41. The van der Waals surface area contributed by atoms with Crippen LogP contribution in [0.25, 0.3) is 11.3 Å². The number of H-pyrrole nitrogens is 1. The van der Waals surface area contributed by atoms with Crippen LogP contribution >= 0.6 is 15.9 Å². The second-order valence-electron chi connectivity index (χ2n) is 5.19. The van der Waals surface area contributed by atoms with Crippen LogP contribution in [0.15, 0.2) is 63.9 Å². The highest BCUT2D eigenvalue weighted by atomic mass is 79.9. The molecule has 0 bridgehead atoms. The molecule has 2 N–H and O–H groups in total. The zero-order chi connectivity index (χ0) is 16.9. The van der Waals surface area contributed by atoms with E-state index >= 15 is 0 Å². The molecule has 1 heterocycles. The SMILES string of the molecule is COc1ccc(-c2cc(=O)[nH]c(NCc3ccc(Br)cc3)n2)cc1. The third kappa shape index (κ3) is 4.02. The third-order valence-corrected chi connectivity index (χ3v) is 4.03. The van der Waals surface area contributed by atoms with Gasteiger partial charge in [-0.1, -0.05) is 28.1 Å². The number of nitrogens with zero attached hydrogens (tertiary/aromatic N) is 1. The van der Waals surface area contributed by atoms with Crippen molar-refractivity contribution in [2.75, 3.05) is 12.4 Å². The number of aromatic amines is 1. The van der Waals surface area contributed by atoms with Crippen LogP contribution in [-0.2, 0) is 6.54 Å². The van der Waals surface area contributed by atoms with Crippen molar-refractivity contribution in [3.63, 3.8) is 0 Å². The Morgan fingerprint density at radius 2 is 1.83 bits per heavy atom. The second-order valence-corrected chi connectivity index (χ2v) is 6.10. The van der Waals surface area contributed by atoms with E-state index < -0.39 is 0 Å². The van der Waals surface area contributed by atoms with Gasteiger partial charge in [-0.3, -0.25) is 9.78 Å². The summed E-state index contributed by atoms with van der Waals surface area (Å²) in [5, 5.41) is 3.15. The van der Waals surface area contributed by atoms with Crippen LogP contribution in [0.5, 0.6) is 5.75 Å². The van der Waals surface area contributed by atoms with Crippen LogP contribution in [0.3, 0.4) is 0 Å². The number of rotatable bonds is 5. The Bertz CT molecular complexity index is 874. The van der Waals surface area contributed by atoms with Crippen molar-refractivity contribution in [1.82, 2.24) is 9.97 Å². The first-order chi connectivity index (χ1) is 11.6. The van der Waals surface area contributed by atoms with Crippen molar-refractivity contribution in [2.45, 2.75) is 6.54 Å². The molecular formula is C18H16BrN3O2. The van der Waals surface area contributed by atoms with E-state index in [2.05, 4.69) is 31.2 Å². The molecule has 0 aliphatic rings. The van der Waals surface area contributed by atoms with E-state index in [1.807, 2.05) is 48.5 Å². The fourth-order valence-electron chi connectivity index (χ4n) is 2.24. The zero-order valence-corrected chi connectivity index (χ0v) is 14.6. The second kappa shape index (κ2) is 7.31. The Kier molecular flexibility index (Phi) is 4.96. The highest BCUT2D eigenvalue weighted by Crippen LogP contribution is 2.20. The molecule has 3 aromatic rings. The molecule has 0 radical (unpaired) electrons. The molecule has 0 amide bonds. The number of methoxy groups -OCH3 is 1. The molecule has 0 aliphatic heterocycles. The van der Waals surface area contributed by atoms with E-state index in [-0.39, 0.29) is 5.56 Å². The highest BCUT2D eigenvalue weighted by molar-refractivity contribution is 9.10. The Labute approximate surface area is 147 Å². The number of hydrogen-bond donors (Lipinski definition) is 2. The summed E-state index contributed by atoms with van der Waals surface area (Å²) in [6.45, 7) is 0.572. The van der Waals surface area contributed by atoms with Crippen LogP contribution in [0, 0.1) is 0 Å². The first-order valence-electron chi connectivity index (χ1n) is 7.38. The van der Waals surface area contributed by atoms with Gasteiger partial charge in [0.05, 0.1) is 12.8 Å². The van der Waals surface area contributed by atoms with E-state index in [0.29, 0.717) is 18.2 Å². The number of hydrogen-bond acceptors (Lipinski definition) is 4. The molecule has 24 heavy (non-hydrogen) atoms. The maximum atomic E-state index is 11.9. The fraction of sp³-hybridized carbons (Fsp3) is 0.111. The van der Waals surface area contributed by atoms with Gasteiger partial charge in [-0.05, 0) is 42.0 Å². The Balaban J connectivity index is 1.80. The van der Waals surface area contributed by atoms with Crippen molar-refractivity contribution in [1.29, 1.82) is 0 Å². The summed E-state index contributed by atoms with van der Waals surface area (Å²) < 4.78 is 6.17. The van der Waals surface area contributed by atoms with Gasteiger partial charge in [-0.2, -0.15) is 0 Å². The first-order valence-corrected chi connectivity index (χ1v) is 8.17. The number of halogens is 1. The van der Waals surface area contributed by atoms with Crippen LogP contribution in [0.2, 0.25) is 0 Å². The van der Waals surface area contributed by atoms with E-state index in [1.54, 1.807) is 7.11 Å². The number of nitrogens with one attached hydrogen (secondary N) is 2. The topological polar surface area (TPSA) is 67.0 Å². The fourth-order valence-corrected chi connectivity index (χ4v) is 2.50. The summed E-state index contributed by atoms with van der Waals surface area (Å²) in [7, 11) is 1.62. The molecule has 5 nitrogen and oxygen atoms in total. The number of benzene rings is 2. The quantitative estimate of drug-likeness (QED) is 0.700. The molecule has 0 spiro atoms. The Morgan fingerprint density at radius 3 is 2.50 bits per heavy atom. The molecule has 0 saturated carbocycles. The van der Waals surface area contributed by atoms with Gasteiger partial charge in [-0.25, -0.2) is 4.98 Å². The molecule has 0 unspecified atom stereocenters. The lowest BCUT2D eigenvalue weighted by Gasteiger charge is -2.08. The van der Waals surface area contributed by atoms with Gasteiger partial charge in [0.25, 0.3) is 5.56 Å². The van der Waals surface area contributed by atoms with Gasteiger partial charge in [0.15, 0.2) is 0 Å². The van der Waals surface area contributed by atoms with Gasteiger partial charge in [0.1, 0.15) is 5.75 Å². The summed E-state index contributed by atoms with van der Waals surface area (Å²) in [4.78, 5) is 19.1. The summed E-state index contributed by atoms with van der Waals surface area (Å²) in [5.41, 5.74) is 2.36. The molecule has 2 aromatic carbocycles. The van der Waals surface area contributed by atoms with Crippen molar-refractivity contribution in [2.24, 2.45) is 0 Å². The molecule has 0 atom stereocenters. The van der Waals surface area contributed by atoms with Crippen molar-refractivity contribution in [3.8, 4) is 17.0 Å². The van der Waals surface area contributed by atoms with Crippen molar-refractivity contribution in [3.05, 3.63) is 75.0 Å². The summed E-state index contributed by atoms with van der Waals surface area (Å²) in [6.07, 6.45) is 0. The van der Waals surface area contributed by atoms with E-state index in [9.17, 15) is 4.79 Å². The van der Waals surface area contributed by atoms with Gasteiger partial charge in [-0.15, -0.1) is 0 Å². The van der Waals surface area contributed by atoms with Gasteiger partial charge in [0.2, 0.25) is 5.95 Å². The average molecular weight is 386 g/mol. The minimum Gasteiger partial charge on any atom is -0.497 e. The van der Waals surface area contributed by atoms with Crippen LogP contribution < -0.4 is 15.6 Å². The van der Waals surface area contributed by atoms with Gasteiger partial charge < -0.3 is 10.1 Å². The number of aromatic nitrogens is 2. The molecule has 0 fully saturated rings. The molecule has 6 heteroatoms. The van der Waals surface area contributed by atoms with Gasteiger partial charge >= 0.3 is 0 Å². The van der Waals surface area contributed by atoms with Crippen LogP contribution in [-0.4, -0.2) is 17.1 Å². The average Bonchev–Trinajstić information content (AvgIpc) is 2.61. The zero-order valence-electron chi connectivity index (χ0n) is 13.0. The van der Waals surface area contributed by atoms with E-state index in [4.69, 9.17) is 4.74 Å². The number of ether oxygens (including phenoxy) is 1. The first kappa shape index (κ1) is 16.3. The monoisotopic (exact) mass is 385 g/mol. The molecule has 122 valence electrons. The standard InChI is InChI=1S/C18H16BrN3O2/c1-24-15-8-4-13(5-9-15)16-10-17(23)22-18(21-16)20-11-12-2-6-14(19)7-3-12/h2-10H,11H2,1H3,(H2,20,21,22,23). The molecule has 0 aliphatic carbocycles. The number of anilines is 1. The van der Waals surface area contributed by atoms with E-state index in [0.717, 1.165) is 21.3 Å². The van der Waals surface area contributed by atoms with Gasteiger partial charge in [0, 0.05) is 22.6 Å². The minimum absolute atomic E-state index is 0.200. The van der Waals surface area contributed by atoms with Crippen LogP contribution in [0.1, 0.15) is 5.56 Å². The lowest BCUT2D eigenvalue weighted by atomic mass is 10.1. The lowest BCUT2D eigenvalue weighted by molar-refractivity contribution is 0.415. The highest BCUT2D eigenvalue weighted by Gasteiger charge is 2.05. The van der Waals surface area contributed by atoms with Crippen molar-refractivity contribution >= 4 is 21.9 Å². The van der Waals surface area contributed by atoms with Crippen LogP contribution in [0.4, 0.5) is 5.95 Å². The molecule has 3 rings (SSSR count). The third-order valence-electron chi connectivity index (χ3n) is 3.50. The lowest BCUT2D eigenvalue weighted by Crippen LogP contribution is -2.12. The maximum Gasteiger partial charge on any atom is 0.252 e. The van der Waals surface area contributed by atoms with Crippen molar-refractivity contribution < 1.29 is 4.74 Å². The summed E-state index contributed by atoms with van der Waals surface area (Å²) in [5.74, 6) is 1.20. The predicted octanol–water partition coefficient (Wildman–Crippen LogP) is 3.82. The molecule has 1 aromatic heterocycles.